The lowest BCUT2D eigenvalue weighted by molar-refractivity contribution is -0.137. The third kappa shape index (κ3) is 3.50. The van der Waals surface area contributed by atoms with Gasteiger partial charge in [-0.05, 0) is 25.0 Å². The summed E-state index contributed by atoms with van der Waals surface area (Å²) in [5.41, 5.74) is 1.05. The van der Waals surface area contributed by atoms with Crippen molar-refractivity contribution in [1.82, 2.24) is 20.1 Å². The van der Waals surface area contributed by atoms with Crippen molar-refractivity contribution in [1.29, 1.82) is 0 Å². The number of anilines is 1. The van der Waals surface area contributed by atoms with Gasteiger partial charge in [0.2, 0.25) is 11.0 Å². The van der Waals surface area contributed by atoms with Crippen LogP contribution in [0.1, 0.15) is 17.0 Å². The molecule has 7 nitrogen and oxygen atoms in total. The predicted molar refractivity (Wildman–Crippen MR) is 94.4 cm³/mol. The molecule has 1 amide bonds. The molecular weight excluding hydrogens is 338 g/mol. The fourth-order valence-corrected chi connectivity index (χ4v) is 4.21. The average molecular weight is 359 g/mol. The van der Waals surface area contributed by atoms with Crippen LogP contribution in [0.3, 0.4) is 0 Å². The van der Waals surface area contributed by atoms with Crippen LogP contribution in [-0.4, -0.2) is 58.3 Å². The highest BCUT2D eigenvalue weighted by Gasteiger charge is 2.39. The molecule has 2 atom stereocenters. The number of carbonyl (C=O) groups excluding carboxylic acids is 1. The van der Waals surface area contributed by atoms with Gasteiger partial charge in [-0.2, -0.15) is 0 Å². The number of aromatic nitrogens is 3. The van der Waals surface area contributed by atoms with E-state index in [1.54, 1.807) is 17.5 Å². The van der Waals surface area contributed by atoms with Crippen LogP contribution in [0.15, 0.2) is 24.5 Å². The Morgan fingerprint density at radius 3 is 3.04 bits per heavy atom. The topological polar surface area (TPSA) is 71.5 Å². The number of nitrogens with zero attached hydrogens (tertiary/aromatic N) is 5. The Hall–Kier alpha value is -2.06. The molecule has 2 saturated heterocycles. The second-order valence-electron chi connectivity index (χ2n) is 6.48. The summed E-state index contributed by atoms with van der Waals surface area (Å²) in [6.45, 7) is 5.25. The first-order chi connectivity index (χ1) is 12.2. The number of pyridine rings is 1. The van der Waals surface area contributed by atoms with Crippen molar-refractivity contribution in [2.75, 3.05) is 31.1 Å². The van der Waals surface area contributed by atoms with Crippen molar-refractivity contribution < 1.29 is 9.53 Å². The minimum absolute atomic E-state index is 0.0792. The van der Waals surface area contributed by atoms with Crippen LogP contribution >= 0.6 is 11.3 Å². The van der Waals surface area contributed by atoms with Crippen LogP contribution in [0.25, 0.3) is 0 Å². The molecule has 8 heteroatoms. The zero-order valence-electron chi connectivity index (χ0n) is 14.2. The molecule has 0 aliphatic carbocycles. The second-order valence-corrected chi connectivity index (χ2v) is 7.64. The molecular formula is C17H21N5O2S. The van der Waals surface area contributed by atoms with E-state index in [4.69, 9.17) is 4.74 Å². The van der Waals surface area contributed by atoms with E-state index in [1.807, 2.05) is 30.2 Å². The van der Waals surface area contributed by atoms with Gasteiger partial charge in [0.1, 0.15) is 5.01 Å². The van der Waals surface area contributed by atoms with Gasteiger partial charge in [0, 0.05) is 38.6 Å². The maximum absolute atomic E-state index is 13.0. The molecule has 25 heavy (non-hydrogen) atoms. The second kappa shape index (κ2) is 7.05. The van der Waals surface area contributed by atoms with E-state index >= 15 is 0 Å². The van der Waals surface area contributed by atoms with E-state index < -0.39 is 0 Å². The zero-order valence-corrected chi connectivity index (χ0v) is 15.0. The van der Waals surface area contributed by atoms with Crippen LogP contribution < -0.4 is 4.90 Å². The lowest BCUT2D eigenvalue weighted by Gasteiger charge is -2.36. The Kier molecular flexibility index (Phi) is 4.63. The van der Waals surface area contributed by atoms with Crippen molar-refractivity contribution in [3.63, 3.8) is 0 Å². The lowest BCUT2D eigenvalue weighted by atomic mass is 9.92. The molecule has 0 radical (unpaired) electrons. The summed E-state index contributed by atoms with van der Waals surface area (Å²) in [6, 6.07) is 3.91. The number of piperidine rings is 1. The number of ether oxygens (including phenoxy) is 1. The van der Waals surface area contributed by atoms with Gasteiger partial charge in [0.25, 0.3) is 0 Å². The van der Waals surface area contributed by atoms with Crippen molar-refractivity contribution in [3.8, 4) is 0 Å². The number of carbonyl (C=O) groups is 1. The highest BCUT2D eigenvalue weighted by molar-refractivity contribution is 7.15. The number of amides is 1. The van der Waals surface area contributed by atoms with Crippen molar-refractivity contribution >= 4 is 22.4 Å². The Morgan fingerprint density at radius 2 is 2.28 bits per heavy atom. The molecule has 0 aromatic carbocycles. The van der Waals surface area contributed by atoms with Crippen molar-refractivity contribution in [3.05, 3.63) is 35.1 Å². The summed E-state index contributed by atoms with van der Waals surface area (Å²) in [5.74, 6) is 0.115. The van der Waals surface area contributed by atoms with Crippen LogP contribution in [-0.2, 0) is 16.1 Å². The number of hydrogen-bond donors (Lipinski definition) is 0. The van der Waals surface area contributed by atoms with Crippen LogP contribution in [0.2, 0.25) is 0 Å². The SMILES string of the molecule is Cc1nnc(N2CC[C@H]3C(=O)N(Cc4cccnc4)CCO[C@H]3C2)s1. The molecule has 0 saturated carbocycles. The first kappa shape index (κ1) is 16.4. The summed E-state index contributed by atoms with van der Waals surface area (Å²) in [6.07, 6.45) is 4.27. The smallest absolute Gasteiger partial charge is 0.228 e. The molecule has 2 aliphatic heterocycles. The maximum Gasteiger partial charge on any atom is 0.228 e. The first-order valence-electron chi connectivity index (χ1n) is 8.55. The molecule has 0 spiro atoms. The van der Waals surface area contributed by atoms with Crippen LogP contribution in [0.5, 0.6) is 0 Å². The van der Waals surface area contributed by atoms with Gasteiger partial charge in [-0.25, -0.2) is 0 Å². The summed E-state index contributed by atoms with van der Waals surface area (Å²) in [4.78, 5) is 21.3. The molecule has 4 rings (SSSR count). The van der Waals surface area contributed by atoms with E-state index in [2.05, 4.69) is 20.1 Å². The lowest BCUT2D eigenvalue weighted by Crippen LogP contribution is -2.49. The average Bonchev–Trinajstić information content (AvgIpc) is 3.01. The molecule has 2 aromatic heterocycles. The number of rotatable bonds is 3. The highest BCUT2D eigenvalue weighted by atomic mass is 32.1. The fraction of sp³-hybridized carbons (Fsp3) is 0.529. The molecule has 0 N–H and O–H groups in total. The molecule has 4 heterocycles. The summed E-state index contributed by atoms with van der Waals surface area (Å²) < 4.78 is 6.04. The quantitative estimate of drug-likeness (QED) is 0.827. The number of fused-ring (bicyclic) bond motifs is 1. The van der Waals surface area contributed by atoms with Gasteiger partial charge in [-0.15, -0.1) is 10.2 Å². The molecule has 2 aliphatic rings. The van der Waals surface area contributed by atoms with Crippen LogP contribution in [0, 0.1) is 12.8 Å². The summed E-state index contributed by atoms with van der Waals surface area (Å²) in [7, 11) is 0. The molecule has 2 aromatic rings. The molecule has 2 fully saturated rings. The van der Waals surface area contributed by atoms with Crippen LogP contribution in [0.4, 0.5) is 5.13 Å². The van der Waals surface area contributed by atoms with E-state index in [0.717, 1.165) is 28.7 Å². The van der Waals surface area contributed by atoms with Gasteiger partial charge in [0.05, 0.1) is 18.6 Å². The first-order valence-corrected chi connectivity index (χ1v) is 9.37. The monoisotopic (exact) mass is 359 g/mol. The molecule has 0 bridgehead atoms. The van der Waals surface area contributed by atoms with E-state index in [1.165, 1.54) is 0 Å². The largest absolute Gasteiger partial charge is 0.374 e. The zero-order chi connectivity index (χ0) is 17.2. The minimum atomic E-state index is -0.0793. The molecule has 132 valence electrons. The van der Waals surface area contributed by atoms with Crippen molar-refractivity contribution in [2.24, 2.45) is 5.92 Å². The number of aryl methyl sites for hydroxylation is 1. The number of hydrogen-bond acceptors (Lipinski definition) is 7. The van der Waals surface area contributed by atoms with E-state index in [-0.39, 0.29) is 17.9 Å². The van der Waals surface area contributed by atoms with Gasteiger partial charge in [-0.1, -0.05) is 17.4 Å². The Balaban J connectivity index is 1.45. The third-order valence-corrected chi connectivity index (χ3v) is 5.66. The van der Waals surface area contributed by atoms with Gasteiger partial charge in [-0.3, -0.25) is 9.78 Å². The normalized spacial score (nSPS) is 24.1. The summed E-state index contributed by atoms with van der Waals surface area (Å²) >= 11 is 1.59. The standard InChI is InChI=1S/C17H21N5O2S/c1-12-19-20-17(25-12)22-6-4-14-15(11-22)24-8-7-21(16(14)23)10-13-3-2-5-18-9-13/h2-3,5,9,14-15H,4,6-8,10-11H2,1H3/t14-,15+/m1/s1. The van der Waals surface area contributed by atoms with E-state index in [0.29, 0.717) is 26.2 Å². The predicted octanol–water partition coefficient (Wildman–Crippen LogP) is 1.50. The summed E-state index contributed by atoms with van der Waals surface area (Å²) in [5, 5.41) is 10.2. The Bertz CT molecular complexity index is 738. The maximum atomic E-state index is 13.0. The van der Waals surface area contributed by atoms with E-state index in [9.17, 15) is 4.79 Å². The van der Waals surface area contributed by atoms with Crippen molar-refractivity contribution in [2.45, 2.75) is 26.0 Å². The Labute approximate surface area is 150 Å². The third-order valence-electron chi connectivity index (χ3n) is 4.76. The van der Waals surface area contributed by atoms with Gasteiger partial charge in [0.15, 0.2) is 0 Å². The fourth-order valence-electron chi connectivity index (χ4n) is 3.48. The van der Waals surface area contributed by atoms with Gasteiger partial charge < -0.3 is 14.5 Å². The Morgan fingerprint density at radius 1 is 1.36 bits per heavy atom. The van der Waals surface area contributed by atoms with Gasteiger partial charge >= 0.3 is 0 Å². The molecule has 0 unspecified atom stereocenters. The highest BCUT2D eigenvalue weighted by Crippen LogP contribution is 2.30. The minimum Gasteiger partial charge on any atom is -0.374 e.